The van der Waals surface area contributed by atoms with Crippen LogP contribution in [0.25, 0.3) is 0 Å². The molecule has 0 heterocycles. The highest BCUT2D eigenvalue weighted by Crippen LogP contribution is 2.38. The van der Waals surface area contributed by atoms with E-state index in [1.807, 2.05) is 0 Å². The van der Waals surface area contributed by atoms with Crippen LogP contribution >= 0.6 is 0 Å². The third-order valence-electron chi connectivity index (χ3n) is 1.77. The molecule has 72 valence electrons. The summed E-state index contributed by atoms with van der Waals surface area (Å²) in [6.45, 7) is -0.230. The molecular weight excluding hydrogens is 172 g/mol. The van der Waals surface area contributed by atoms with Crippen LogP contribution in [0.15, 0.2) is 12.1 Å². The molecule has 0 unspecified atom stereocenters. The van der Waals surface area contributed by atoms with E-state index in [9.17, 15) is 5.11 Å². The van der Waals surface area contributed by atoms with E-state index in [0.717, 1.165) is 0 Å². The van der Waals surface area contributed by atoms with E-state index < -0.39 is 0 Å². The Balaban J connectivity index is 3.23. The Bertz CT molecular complexity index is 296. The van der Waals surface area contributed by atoms with Gasteiger partial charge >= 0.3 is 0 Å². The van der Waals surface area contributed by atoms with Crippen LogP contribution in [0.3, 0.4) is 0 Å². The lowest BCUT2D eigenvalue weighted by atomic mass is 10.2. The third kappa shape index (κ3) is 1.67. The molecule has 1 aromatic rings. The average molecular weight is 184 g/mol. The zero-order chi connectivity index (χ0) is 9.84. The fourth-order valence-electron chi connectivity index (χ4n) is 1.08. The number of aliphatic hydroxyl groups is 1. The van der Waals surface area contributed by atoms with Crippen LogP contribution in [0.4, 0.5) is 0 Å². The third-order valence-corrected chi connectivity index (χ3v) is 1.77. The van der Waals surface area contributed by atoms with E-state index in [1.165, 1.54) is 14.2 Å². The highest BCUT2D eigenvalue weighted by molar-refractivity contribution is 5.54. The van der Waals surface area contributed by atoms with Gasteiger partial charge < -0.3 is 19.7 Å². The minimum absolute atomic E-state index is 0.0793. The van der Waals surface area contributed by atoms with Gasteiger partial charge in [-0.15, -0.1) is 0 Å². The molecule has 0 saturated carbocycles. The van der Waals surface area contributed by atoms with Gasteiger partial charge in [-0.3, -0.25) is 0 Å². The van der Waals surface area contributed by atoms with Crippen LogP contribution in [-0.4, -0.2) is 24.4 Å². The fourth-order valence-corrected chi connectivity index (χ4v) is 1.08. The number of benzene rings is 1. The predicted octanol–water partition coefficient (Wildman–Crippen LogP) is 0.902. The maximum Gasteiger partial charge on any atom is 0.203 e. The summed E-state index contributed by atoms with van der Waals surface area (Å²) in [4.78, 5) is 0. The van der Waals surface area contributed by atoms with Crippen molar-refractivity contribution in [2.75, 3.05) is 14.2 Å². The Kier molecular flexibility index (Phi) is 2.97. The highest BCUT2D eigenvalue weighted by atomic mass is 16.5. The lowest BCUT2D eigenvalue weighted by molar-refractivity contribution is 0.270. The maximum atomic E-state index is 9.54. The van der Waals surface area contributed by atoms with Crippen molar-refractivity contribution >= 4 is 0 Å². The van der Waals surface area contributed by atoms with Crippen molar-refractivity contribution in [3.63, 3.8) is 0 Å². The fraction of sp³-hybridized carbons (Fsp3) is 0.333. The molecule has 0 saturated heterocycles. The Hall–Kier alpha value is -1.42. The SMILES string of the molecule is COc1ccc(CO)c(O)c1OC. The molecule has 0 aliphatic heterocycles. The van der Waals surface area contributed by atoms with E-state index in [0.29, 0.717) is 11.3 Å². The molecule has 0 spiro atoms. The normalized spacial score (nSPS) is 9.77. The summed E-state index contributed by atoms with van der Waals surface area (Å²) in [6.07, 6.45) is 0. The smallest absolute Gasteiger partial charge is 0.203 e. The van der Waals surface area contributed by atoms with E-state index in [1.54, 1.807) is 12.1 Å². The minimum Gasteiger partial charge on any atom is -0.504 e. The Labute approximate surface area is 76.3 Å². The number of phenols is 1. The highest BCUT2D eigenvalue weighted by Gasteiger charge is 2.12. The van der Waals surface area contributed by atoms with Crippen LogP contribution in [0.2, 0.25) is 0 Å². The molecule has 0 atom stereocenters. The molecule has 0 amide bonds. The molecule has 0 aliphatic carbocycles. The summed E-state index contributed by atoms with van der Waals surface area (Å²) in [7, 11) is 2.91. The van der Waals surface area contributed by atoms with Crippen molar-refractivity contribution in [2.24, 2.45) is 0 Å². The summed E-state index contributed by atoms with van der Waals surface area (Å²) >= 11 is 0. The first-order chi connectivity index (χ1) is 6.24. The van der Waals surface area contributed by atoms with Crippen LogP contribution in [0.1, 0.15) is 5.56 Å². The van der Waals surface area contributed by atoms with Gasteiger partial charge in [0.15, 0.2) is 11.5 Å². The van der Waals surface area contributed by atoms with E-state index >= 15 is 0 Å². The largest absolute Gasteiger partial charge is 0.504 e. The van der Waals surface area contributed by atoms with Crippen LogP contribution in [0, 0.1) is 0 Å². The molecule has 13 heavy (non-hydrogen) atoms. The molecule has 4 nitrogen and oxygen atoms in total. The van der Waals surface area contributed by atoms with Crippen molar-refractivity contribution in [1.82, 2.24) is 0 Å². The molecule has 2 N–H and O–H groups in total. The summed E-state index contributed by atoms with van der Waals surface area (Å²) < 4.78 is 9.87. The van der Waals surface area contributed by atoms with Gasteiger partial charge in [0, 0.05) is 5.56 Å². The Morgan fingerprint density at radius 2 is 1.92 bits per heavy atom. The molecule has 0 radical (unpaired) electrons. The number of hydrogen-bond donors (Lipinski definition) is 2. The summed E-state index contributed by atoms with van der Waals surface area (Å²) in [6, 6.07) is 3.21. The topological polar surface area (TPSA) is 58.9 Å². The van der Waals surface area contributed by atoms with Gasteiger partial charge in [-0.1, -0.05) is 0 Å². The van der Waals surface area contributed by atoms with Crippen molar-refractivity contribution in [1.29, 1.82) is 0 Å². The van der Waals surface area contributed by atoms with Gasteiger partial charge in [-0.2, -0.15) is 0 Å². The number of aromatic hydroxyl groups is 1. The zero-order valence-corrected chi connectivity index (χ0v) is 7.57. The predicted molar refractivity (Wildman–Crippen MR) is 47.1 cm³/mol. The minimum atomic E-state index is -0.230. The van der Waals surface area contributed by atoms with Crippen LogP contribution in [0.5, 0.6) is 17.2 Å². The van der Waals surface area contributed by atoms with Gasteiger partial charge in [-0.25, -0.2) is 0 Å². The van der Waals surface area contributed by atoms with E-state index in [4.69, 9.17) is 14.6 Å². The molecule has 0 bridgehead atoms. The second kappa shape index (κ2) is 4.00. The lowest BCUT2D eigenvalue weighted by Gasteiger charge is -2.11. The van der Waals surface area contributed by atoms with Crippen LogP contribution in [-0.2, 0) is 6.61 Å². The summed E-state index contributed by atoms with van der Waals surface area (Å²) in [5, 5.41) is 18.4. The summed E-state index contributed by atoms with van der Waals surface area (Å²) in [5.41, 5.74) is 0.414. The molecule has 4 heteroatoms. The van der Waals surface area contributed by atoms with Gasteiger partial charge in [0.05, 0.1) is 20.8 Å². The Morgan fingerprint density at radius 1 is 1.23 bits per heavy atom. The van der Waals surface area contributed by atoms with E-state index in [2.05, 4.69) is 0 Å². The second-order valence-electron chi connectivity index (χ2n) is 2.47. The van der Waals surface area contributed by atoms with Gasteiger partial charge in [0.25, 0.3) is 0 Å². The maximum absolute atomic E-state index is 9.54. The van der Waals surface area contributed by atoms with E-state index in [-0.39, 0.29) is 18.1 Å². The molecule has 0 aliphatic rings. The number of aliphatic hydroxyl groups excluding tert-OH is 1. The van der Waals surface area contributed by atoms with Crippen LogP contribution < -0.4 is 9.47 Å². The molecular formula is C9H12O4. The number of rotatable bonds is 3. The summed E-state index contributed by atoms with van der Waals surface area (Å²) in [5.74, 6) is 0.607. The first-order valence-electron chi connectivity index (χ1n) is 3.78. The van der Waals surface area contributed by atoms with Gasteiger partial charge in [0.1, 0.15) is 0 Å². The number of hydrogen-bond acceptors (Lipinski definition) is 4. The zero-order valence-electron chi connectivity index (χ0n) is 7.57. The monoisotopic (exact) mass is 184 g/mol. The average Bonchev–Trinajstić information content (AvgIpc) is 2.17. The van der Waals surface area contributed by atoms with Crippen molar-refractivity contribution in [3.8, 4) is 17.2 Å². The lowest BCUT2D eigenvalue weighted by Crippen LogP contribution is -1.93. The quantitative estimate of drug-likeness (QED) is 0.732. The Morgan fingerprint density at radius 3 is 2.38 bits per heavy atom. The van der Waals surface area contributed by atoms with Crippen molar-refractivity contribution in [3.05, 3.63) is 17.7 Å². The molecule has 0 fully saturated rings. The molecule has 1 aromatic carbocycles. The first-order valence-corrected chi connectivity index (χ1v) is 3.78. The van der Waals surface area contributed by atoms with Crippen molar-refractivity contribution in [2.45, 2.75) is 6.61 Å². The number of methoxy groups -OCH3 is 2. The molecule has 0 aromatic heterocycles. The number of ether oxygens (including phenoxy) is 2. The standard InChI is InChI=1S/C9H12O4/c1-12-7-4-3-6(5-10)8(11)9(7)13-2/h3-4,10-11H,5H2,1-2H3. The second-order valence-corrected chi connectivity index (χ2v) is 2.47. The first kappa shape index (κ1) is 9.67. The van der Waals surface area contributed by atoms with Gasteiger partial charge in [-0.05, 0) is 12.1 Å². The molecule has 1 rings (SSSR count). The van der Waals surface area contributed by atoms with Gasteiger partial charge in [0.2, 0.25) is 5.75 Å². The van der Waals surface area contributed by atoms with Crippen molar-refractivity contribution < 1.29 is 19.7 Å².